The molecule has 0 spiro atoms. The highest BCUT2D eigenvalue weighted by atomic mass is 15.6. The zero-order valence-electron chi connectivity index (χ0n) is 14.3. The lowest BCUT2D eigenvalue weighted by Crippen LogP contribution is -2.02. The van der Waals surface area contributed by atoms with Crippen molar-refractivity contribution in [3.63, 3.8) is 0 Å². The van der Waals surface area contributed by atoms with Crippen LogP contribution in [0.25, 0.3) is 33.3 Å². The molecule has 3 aromatic heterocycles. The van der Waals surface area contributed by atoms with Crippen LogP contribution in [0, 0.1) is 0 Å². The molecule has 0 saturated heterocycles. The number of tetrazole rings is 1. The van der Waals surface area contributed by atoms with Gasteiger partial charge in [0.25, 0.3) is 0 Å². The average molecular weight is 332 g/mol. The molecule has 1 aromatic carbocycles. The number of nitrogens with zero attached hydrogens (tertiary/aromatic N) is 6. The Balaban J connectivity index is 1.65. The lowest BCUT2D eigenvalue weighted by molar-refractivity contribution is 0.480. The number of hydrogen-bond acceptors (Lipinski definition) is 5. The van der Waals surface area contributed by atoms with Gasteiger partial charge in [0.1, 0.15) is 5.69 Å². The maximum atomic E-state index is 4.76. The van der Waals surface area contributed by atoms with Crippen LogP contribution in [0.15, 0.2) is 42.6 Å². The number of pyridine rings is 2. The smallest absolute Gasteiger partial charge is 0.223 e. The summed E-state index contributed by atoms with van der Waals surface area (Å²) in [5.41, 5.74) is 2.49. The Morgan fingerprint density at radius 2 is 1.76 bits per heavy atom. The first-order valence-electron chi connectivity index (χ1n) is 8.78. The molecule has 25 heavy (non-hydrogen) atoms. The van der Waals surface area contributed by atoms with Crippen LogP contribution >= 0.6 is 0 Å². The van der Waals surface area contributed by atoms with Crippen LogP contribution in [0.1, 0.15) is 32.6 Å². The topological polar surface area (TPSA) is 69.4 Å². The van der Waals surface area contributed by atoms with E-state index in [4.69, 9.17) is 4.98 Å². The Labute approximate surface area is 145 Å². The fourth-order valence-corrected chi connectivity index (χ4v) is 2.97. The molecule has 0 aliphatic carbocycles. The largest absolute Gasteiger partial charge is 0.254 e. The number of hydrogen-bond donors (Lipinski definition) is 0. The standard InChI is InChI=1S/C19H20N6/c1-2-3-4-5-13-25-23-19(22-24-25)16-11-10-15-9-8-14-7-6-12-20-17(14)18(15)21-16/h6-12H,2-5,13H2,1H3. The predicted molar refractivity (Wildman–Crippen MR) is 98.0 cm³/mol. The van der Waals surface area contributed by atoms with Crippen molar-refractivity contribution >= 4 is 21.8 Å². The van der Waals surface area contributed by atoms with E-state index in [2.05, 4.69) is 39.5 Å². The summed E-state index contributed by atoms with van der Waals surface area (Å²) in [7, 11) is 0. The van der Waals surface area contributed by atoms with Crippen molar-refractivity contribution in [3.8, 4) is 11.5 Å². The molecule has 0 amide bonds. The molecule has 0 radical (unpaired) electrons. The van der Waals surface area contributed by atoms with Crippen molar-refractivity contribution in [2.24, 2.45) is 0 Å². The molecule has 0 unspecified atom stereocenters. The SMILES string of the molecule is CCCCCCn1nnc(-c2ccc3ccc4cccnc4c3n2)n1. The molecule has 0 atom stereocenters. The van der Waals surface area contributed by atoms with Gasteiger partial charge in [0, 0.05) is 17.0 Å². The van der Waals surface area contributed by atoms with Gasteiger partial charge < -0.3 is 0 Å². The molecule has 4 rings (SSSR count). The van der Waals surface area contributed by atoms with Gasteiger partial charge in [-0.25, -0.2) is 4.98 Å². The predicted octanol–water partition coefficient (Wildman–Crippen LogP) is 4.02. The van der Waals surface area contributed by atoms with E-state index < -0.39 is 0 Å². The minimum Gasteiger partial charge on any atom is -0.254 e. The number of aryl methyl sites for hydroxylation is 1. The third-order valence-corrected chi connectivity index (χ3v) is 4.33. The van der Waals surface area contributed by atoms with Gasteiger partial charge in [0.05, 0.1) is 17.6 Å². The van der Waals surface area contributed by atoms with Crippen LogP contribution in [0.4, 0.5) is 0 Å². The third kappa shape index (κ3) is 3.20. The number of rotatable bonds is 6. The van der Waals surface area contributed by atoms with E-state index in [0.717, 1.165) is 40.5 Å². The summed E-state index contributed by atoms with van der Waals surface area (Å²) >= 11 is 0. The van der Waals surface area contributed by atoms with Crippen molar-refractivity contribution in [1.82, 2.24) is 30.2 Å². The number of aromatic nitrogens is 6. The molecule has 0 fully saturated rings. The second-order valence-corrected chi connectivity index (χ2v) is 6.18. The van der Waals surface area contributed by atoms with Gasteiger partial charge in [0.2, 0.25) is 5.82 Å². The van der Waals surface area contributed by atoms with Gasteiger partial charge in [-0.15, -0.1) is 10.2 Å². The van der Waals surface area contributed by atoms with Crippen molar-refractivity contribution in [1.29, 1.82) is 0 Å². The summed E-state index contributed by atoms with van der Waals surface area (Å²) in [4.78, 5) is 10.9. The molecule has 0 bridgehead atoms. The first-order chi connectivity index (χ1) is 12.3. The molecule has 126 valence electrons. The summed E-state index contributed by atoms with van der Waals surface area (Å²) in [5, 5.41) is 14.9. The fourth-order valence-electron chi connectivity index (χ4n) is 2.97. The van der Waals surface area contributed by atoms with Crippen LogP contribution in [-0.4, -0.2) is 30.2 Å². The van der Waals surface area contributed by atoms with Gasteiger partial charge >= 0.3 is 0 Å². The first-order valence-corrected chi connectivity index (χ1v) is 8.78. The number of benzene rings is 1. The van der Waals surface area contributed by atoms with Crippen molar-refractivity contribution < 1.29 is 0 Å². The highest BCUT2D eigenvalue weighted by Crippen LogP contribution is 2.24. The van der Waals surface area contributed by atoms with E-state index in [-0.39, 0.29) is 0 Å². The van der Waals surface area contributed by atoms with Gasteiger partial charge in [-0.05, 0) is 23.8 Å². The van der Waals surface area contributed by atoms with E-state index in [1.165, 1.54) is 19.3 Å². The van der Waals surface area contributed by atoms with Gasteiger partial charge in [-0.2, -0.15) is 4.80 Å². The third-order valence-electron chi connectivity index (χ3n) is 4.33. The summed E-state index contributed by atoms with van der Waals surface area (Å²) in [6.07, 6.45) is 6.52. The Hall–Kier alpha value is -2.89. The average Bonchev–Trinajstić information content (AvgIpc) is 3.14. The molecule has 0 aliphatic heterocycles. The number of fused-ring (bicyclic) bond motifs is 3. The first kappa shape index (κ1) is 15.6. The molecular formula is C19H20N6. The van der Waals surface area contributed by atoms with Gasteiger partial charge in [-0.3, -0.25) is 4.98 Å². The number of unbranched alkanes of at least 4 members (excludes halogenated alkanes) is 3. The van der Waals surface area contributed by atoms with Crippen LogP contribution in [0.2, 0.25) is 0 Å². The van der Waals surface area contributed by atoms with Gasteiger partial charge in [0.15, 0.2) is 0 Å². The quantitative estimate of drug-likeness (QED) is 0.394. The second-order valence-electron chi connectivity index (χ2n) is 6.18. The van der Waals surface area contributed by atoms with Gasteiger partial charge in [-0.1, -0.05) is 50.5 Å². The van der Waals surface area contributed by atoms with E-state index in [1.807, 2.05) is 24.3 Å². The summed E-state index contributed by atoms with van der Waals surface area (Å²) in [6.45, 7) is 3.00. The van der Waals surface area contributed by atoms with Crippen molar-refractivity contribution in [3.05, 3.63) is 42.6 Å². The fraction of sp³-hybridized carbons (Fsp3) is 0.316. The molecule has 4 aromatic rings. The van der Waals surface area contributed by atoms with Crippen molar-refractivity contribution in [2.45, 2.75) is 39.2 Å². The molecule has 3 heterocycles. The van der Waals surface area contributed by atoms with Crippen LogP contribution in [0.5, 0.6) is 0 Å². The van der Waals surface area contributed by atoms with E-state index in [9.17, 15) is 0 Å². The minimum absolute atomic E-state index is 0.560. The summed E-state index contributed by atoms with van der Waals surface area (Å²) in [6, 6.07) is 12.1. The highest BCUT2D eigenvalue weighted by Gasteiger charge is 2.10. The van der Waals surface area contributed by atoms with E-state index >= 15 is 0 Å². The zero-order chi connectivity index (χ0) is 17.1. The Kier molecular flexibility index (Phi) is 4.33. The lowest BCUT2D eigenvalue weighted by Gasteiger charge is -2.03. The second kappa shape index (κ2) is 6.93. The molecule has 0 N–H and O–H groups in total. The zero-order valence-corrected chi connectivity index (χ0v) is 14.3. The Morgan fingerprint density at radius 1 is 0.920 bits per heavy atom. The molecule has 0 saturated carbocycles. The molecule has 0 aliphatic rings. The minimum atomic E-state index is 0.560. The highest BCUT2D eigenvalue weighted by molar-refractivity contribution is 6.03. The normalized spacial score (nSPS) is 11.4. The van der Waals surface area contributed by atoms with E-state index in [0.29, 0.717) is 5.82 Å². The van der Waals surface area contributed by atoms with Crippen LogP contribution < -0.4 is 0 Å². The van der Waals surface area contributed by atoms with E-state index in [1.54, 1.807) is 11.0 Å². The summed E-state index contributed by atoms with van der Waals surface area (Å²) in [5.74, 6) is 0.560. The van der Waals surface area contributed by atoms with Crippen LogP contribution in [0.3, 0.4) is 0 Å². The maximum Gasteiger partial charge on any atom is 0.223 e. The van der Waals surface area contributed by atoms with Crippen LogP contribution in [-0.2, 0) is 6.54 Å². The molecule has 6 nitrogen and oxygen atoms in total. The molecular weight excluding hydrogens is 312 g/mol. The monoisotopic (exact) mass is 332 g/mol. The van der Waals surface area contributed by atoms with Crippen molar-refractivity contribution in [2.75, 3.05) is 0 Å². The maximum absolute atomic E-state index is 4.76. The summed E-state index contributed by atoms with van der Waals surface area (Å²) < 4.78 is 0. The Morgan fingerprint density at radius 3 is 2.64 bits per heavy atom. The Bertz CT molecular complexity index is 1010. The lowest BCUT2D eigenvalue weighted by atomic mass is 10.1. The molecule has 6 heteroatoms.